The predicted molar refractivity (Wildman–Crippen MR) is 89.5 cm³/mol. The van der Waals surface area contributed by atoms with Crippen LogP contribution in [0.4, 0.5) is 0 Å². The van der Waals surface area contributed by atoms with Crippen molar-refractivity contribution in [2.24, 2.45) is 5.92 Å². The number of carbonyl (C=O) groups excluding carboxylic acids is 1. The van der Waals surface area contributed by atoms with Gasteiger partial charge in [0.15, 0.2) is 0 Å². The molecule has 24 heavy (non-hydrogen) atoms. The van der Waals surface area contributed by atoms with Gasteiger partial charge in [-0.3, -0.25) is 4.79 Å². The normalized spacial score (nSPS) is 27.0. The molecule has 0 radical (unpaired) electrons. The van der Waals surface area contributed by atoms with Crippen molar-refractivity contribution in [3.63, 3.8) is 0 Å². The van der Waals surface area contributed by atoms with Crippen LogP contribution in [0.15, 0.2) is 24.3 Å². The second-order valence-electron chi connectivity index (χ2n) is 6.54. The summed E-state index contributed by atoms with van der Waals surface area (Å²) in [6.07, 6.45) is 3.79. The lowest BCUT2D eigenvalue weighted by atomic mass is 9.93. The smallest absolute Gasteiger partial charge is 0.254 e. The lowest BCUT2D eigenvalue weighted by Crippen LogP contribution is -2.53. The molecule has 1 aromatic carbocycles. The van der Waals surface area contributed by atoms with Crippen molar-refractivity contribution in [1.29, 1.82) is 5.26 Å². The highest BCUT2D eigenvalue weighted by Crippen LogP contribution is 2.34. The highest BCUT2D eigenvalue weighted by atomic mass is 16.5. The van der Waals surface area contributed by atoms with Gasteiger partial charge in [0.1, 0.15) is 0 Å². The van der Waals surface area contributed by atoms with E-state index in [0.717, 1.165) is 24.8 Å². The van der Waals surface area contributed by atoms with Crippen molar-refractivity contribution >= 4 is 5.91 Å². The summed E-state index contributed by atoms with van der Waals surface area (Å²) in [6.45, 7) is 1.76. The molecule has 2 fully saturated rings. The minimum absolute atomic E-state index is 0.0323. The fraction of sp³-hybridized carbons (Fsp3) is 0.579. The molecule has 0 spiro atoms. The molecule has 1 aliphatic heterocycles. The Kier molecular flexibility index (Phi) is 5.49. The van der Waals surface area contributed by atoms with E-state index in [0.29, 0.717) is 37.7 Å². The molecular weight excluding hydrogens is 304 g/mol. The maximum atomic E-state index is 13.1. The summed E-state index contributed by atoms with van der Waals surface area (Å²) in [4.78, 5) is 15.0. The van der Waals surface area contributed by atoms with Gasteiger partial charge in [-0.2, -0.15) is 5.26 Å². The van der Waals surface area contributed by atoms with Gasteiger partial charge in [0.05, 0.1) is 37.8 Å². The molecule has 1 saturated heterocycles. The van der Waals surface area contributed by atoms with E-state index in [-0.39, 0.29) is 18.1 Å². The molecule has 0 bridgehead atoms. The molecule has 1 saturated carbocycles. The van der Waals surface area contributed by atoms with Gasteiger partial charge in [-0.25, -0.2) is 0 Å². The van der Waals surface area contributed by atoms with E-state index in [9.17, 15) is 4.79 Å². The Hall–Kier alpha value is -1.90. The lowest BCUT2D eigenvalue weighted by Gasteiger charge is -2.40. The van der Waals surface area contributed by atoms with E-state index in [4.69, 9.17) is 14.7 Å². The topological polar surface area (TPSA) is 62.6 Å². The van der Waals surface area contributed by atoms with Crippen LogP contribution in [-0.4, -0.2) is 49.8 Å². The Morgan fingerprint density at radius 1 is 1.46 bits per heavy atom. The summed E-state index contributed by atoms with van der Waals surface area (Å²) < 4.78 is 11.3. The monoisotopic (exact) mass is 328 g/mol. The van der Waals surface area contributed by atoms with Gasteiger partial charge in [0.2, 0.25) is 0 Å². The number of benzene rings is 1. The first-order valence-corrected chi connectivity index (χ1v) is 8.62. The number of amides is 1. The number of nitrogens with zero attached hydrogens (tertiary/aromatic N) is 2. The lowest BCUT2D eigenvalue weighted by molar-refractivity contribution is -0.0460. The summed E-state index contributed by atoms with van der Waals surface area (Å²) in [5.41, 5.74) is 1.53. The van der Waals surface area contributed by atoms with Crippen molar-refractivity contribution < 1.29 is 14.3 Å². The Morgan fingerprint density at radius 3 is 3.12 bits per heavy atom. The zero-order chi connectivity index (χ0) is 16.9. The SMILES string of the molecule is CO[C@@H]1CCC[C@@H]1[C@@H]1COCCN1C(=O)c1cccc(CC#N)c1. The maximum Gasteiger partial charge on any atom is 0.254 e. The zero-order valence-corrected chi connectivity index (χ0v) is 14.1. The molecule has 0 unspecified atom stereocenters. The maximum absolute atomic E-state index is 13.1. The van der Waals surface area contributed by atoms with Crippen LogP contribution in [0.25, 0.3) is 0 Å². The summed E-state index contributed by atoms with van der Waals surface area (Å²) >= 11 is 0. The minimum Gasteiger partial charge on any atom is -0.381 e. The zero-order valence-electron chi connectivity index (χ0n) is 14.1. The van der Waals surface area contributed by atoms with E-state index in [1.165, 1.54) is 0 Å². The molecule has 128 valence electrons. The second kappa shape index (κ2) is 7.78. The van der Waals surface area contributed by atoms with Gasteiger partial charge in [-0.05, 0) is 30.5 Å². The van der Waals surface area contributed by atoms with Crippen LogP contribution in [0.2, 0.25) is 0 Å². The van der Waals surface area contributed by atoms with Crippen molar-refractivity contribution in [3.05, 3.63) is 35.4 Å². The van der Waals surface area contributed by atoms with E-state index >= 15 is 0 Å². The Labute approximate surface area is 143 Å². The number of methoxy groups -OCH3 is 1. The summed E-state index contributed by atoms with van der Waals surface area (Å²) in [7, 11) is 1.75. The van der Waals surface area contributed by atoms with Crippen LogP contribution in [0.1, 0.15) is 35.2 Å². The van der Waals surface area contributed by atoms with Gasteiger partial charge >= 0.3 is 0 Å². The highest BCUT2D eigenvalue weighted by Gasteiger charge is 2.40. The van der Waals surface area contributed by atoms with Crippen LogP contribution in [-0.2, 0) is 15.9 Å². The number of carbonyl (C=O) groups is 1. The van der Waals surface area contributed by atoms with Crippen molar-refractivity contribution in [3.8, 4) is 6.07 Å². The molecule has 0 N–H and O–H groups in total. The first kappa shape index (κ1) is 16.9. The average Bonchev–Trinajstić information content (AvgIpc) is 3.10. The molecule has 2 aliphatic rings. The third-order valence-corrected chi connectivity index (χ3v) is 5.18. The van der Waals surface area contributed by atoms with Crippen LogP contribution < -0.4 is 0 Å². The van der Waals surface area contributed by atoms with Crippen molar-refractivity contribution in [2.45, 2.75) is 37.8 Å². The first-order valence-electron chi connectivity index (χ1n) is 8.62. The van der Waals surface area contributed by atoms with Gasteiger partial charge < -0.3 is 14.4 Å². The molecule has 5 heteroatoms. The predicted octanol–water partition coefficient (Wildman–Crippen LogP) is 2.41. The number of rotatable bonds is 4. The minimum atomic E-state index is 0.0323. The van der Waals surface area contributed by atoms with Crippen LogP contribution in [0.5, 0.6) is 0 Å². The fourth-order valence-electron chi connectivity index (χ4n) is 3.99. The standard InChI is InChI=1S/C19H24N2O3/c1-23-18-7-3-6-16(18)17-13-24-11-10-21(17)19(22)15-5-2-4-14(12-15)8-9-20/h2,4-5,12,16-18H,3,6-8,10-11,13H2,1H3/t16-,17+,18-/m1/s1. The molecule has 1 heterocycles. The van der Waals surface area contributed by atoms with E-state index in [1.54, 1.807) is 7.11 Å². The molecule has 1 aromatic rings. The number of nitriles is 1. The van der Waals surface area contributed by atoms with Gasteiger partial charge in [-0.1, -0.05) is 18.6 Å². The third kappa shape index (κ3) is 3.45. The molecule has 0 aromatic heterocycles. The Balaban J connectivity index is 1.81. The Bertz CT molecular complexity index is 625. The van der Waals surface area contributed by atoms with Gasteiger partial charge in [-0.15, -0.1) is 0 Å². The molecule has 1 amide bonds. The van der Waals surface area contributed by atoms with Crippen LogP contribution in [0, 0.1) is 17.2 Å². The summed E-state index contributed by atoms with van der Waals surface area (Å²) in [5, 5.41) is 8.86. The van der Waals surface area contributed by atoms with Gasteiger partial charge in [0, 0.05) is 25.1 Å². The quantitative estimate of drug-likeness (QED) is 0.851. The summed E-state index contributed by atoms with van der Waals surface area (Å²) in [6, 6.07) is 9.60. The number of ether oxygens (including phenoxy) is 2. The molecule has 1 aliphatic carbocycles. The first-order chi connectivity index (χ1) is 11.7. The number of morpholine rings is 1. The van der Waals surface area contributed by atoms with Crippen LogP contribution >= 0.6 is 0 Å². The largest absolute Gasteiger partial charge is 0.381 e. The third-order valence-electron chi connectivity index (χ3n) is 5.18. The second-order valence-corrected chi connectivity index (χ2v) is 6.54. The Morgan fingerprint density at radius 2 is 2.33 bits per heavy atom. The average molecular weight is 328 g/mol. The fourth-order valence-corrected chi connectivity index (χ4v) is 3.99. The molecular formula is C19H24N2O3. The van der Waals surface area contributed by atoms with Crippen LogP contribution in [0.3, 0.4) is 0 Å². The van der Waals surface area contributed by atoms with Crippen molar-refractivity contribution in [2.75, 3.05) is 26.9 Å². The molecule has 3 rings (SSSR count). The molecule has 3 atom stereocenters. The highest BCUT2D eigenvalue weighted by molar-refractivity contribution is 5.94. The number of hydrogen-bond acceptors (Lipinski definition) is 4. The van der Waals surface area contributed by atoms with Crippen molar-refractivity contribution in [1.82, 2.24) is 4.90 Å². The number of hydrogen-bond donors (Lipinski definition) is 0. The molecule has 5 nitrogen and oxygen atoms in total. The van der Waals surface area contributed by atoms with E-state index < -0.39 is 0 Å². The van der Waals surface area contributed by atoms with E-state index in [1.807, 2.05) is 29.2 Å². The summed E-state index contributed by atoms with van der Waals surface area (Å²) in [5.74, 6) is 0.367. The van der Waals surface area contributed by atoms with E-state index in [2.05, 4.69) is 6.07 Å². The van der Waals surface area contributed by atoms with Gasteiger partial charge in [0.25, 0.3) is 5.91 Å².